The molecule has 2 aromatic carbocycles. The van der Waals surface area contributed by atoms with Gasteiger partial charge < -0.3 is 4.98 Å². The molecule has 7 heteroatoms. The van der Waals surface area contributed by atoms with Crippen molar-refractivity contribution in [1.29, 1.82) is 0 Å². The molecule has 0 spiro atoms. The van der Waals surface area contributed by atoms with Crippen LogP contribution in [0, 0.1) is 11.6 Å². The second-order valence-corrected chi connectivity index (χ2v) is 6.55. The van der Waals surface area contributed by atoms with Crippen molar-refractivity contribution in [3.63, 3.8) is 0 Å². The monoisotopic (exact) mass is 321 g/mol. The van der Waals surface area contributed by atoms with Gasteiger partial charge in [-0.1, -0.05) is 6.07 Å². The summed E-state index contributed by atoms with van der Waals surface area (Å²) in [5, 5.41) is 0.0406. The summed E-state index contributed by atoms with van der Waals surface area (Å²) in [5.74, 6) is -1.27. The van der Waals surface area contributed by atoms with Crippen molar-refractivity contribution >= 4 is 20.7 Å². The molecular formula is C15H9F2NO3S. The first-order valence-electron chi connectivity index (χ1n) is 6.21. The molecular weight excluding hydrogens is 312 g/mol. The Morgan fingerprint density at radius 3 is 2.41 bits per heavy atom. The summed E-state index contributed by atoms with van der Waals surface area (Å²) in [5.41, 5.74) is -0.582. The lowest BCUT2D eigenvalue weighted by atomic mass is 10.2. The maximum atomic E-state index is 13.2. The van der Waals surface area contributed by atoms with Crippen molar-refractivity contribution in [3.8, 4) is 0 Å². The summed E-state index contributed by atoms with van der Waals surface area (Å²) in [6.07, 6.45) is 0.990. The van der Waals surface area contributed by atoms with E-state index in [1.807, 2.05) is 0 Å². The number of fused-ring (bicyclic) bond motifs is 1. The number of aromatic nitrogens is 1. The Labute approximate surface area is 124 Å². The molecule has 0 unspecified atom stereocenters. The normalized spacial score (nSPS) is 11.7. The minimum atomic E-state index is -4.17. The highest BCUT2D eigenvalue weighted by molar-refractivity contribution is 7.91. The Balaban J connectivity index is 2.28. The zero-order valence-corrected chi connectivity index (χ0v) is 11.8. The highest BCUT2D eigenvalue weighted by Crippen LogP contribution is 2.20. The Kier molecular flexibility index (Phi) is 3.29. The molecule has 0 atom stereocenters. The zero-order chi connectivity index (χ0) is 15.9. The number of rotatable bonds is 2. The highest BCUT2D eigenvalue weighted by atomic mass is 32.2. The van der Waals surface area contributed by atoms with Gasteiger partial charge in [0.15, 0.2) is 0 Å². The van der Waals surface area contributed by atoms with Gasteiger partial charge in [-0.15, -0.1) is 0 Å². The van der Waals surface area contributed by atoms with Crippen molar-refractivity contribution < 1.29 is 17.2 Å². The fourth-order valence-corrected chi connectivity index (χ4v) is 3.48. The molecule has 112 valence electrons. The fraction of sp³-hybridized carbons (Fsp3) is 0. The first-order chi connectivity index (χ1) is 10.4. The Hall–Kier alpha value is -2.54. The minimum Gasteiger partial charge on any atom is -0.360 e. The molecule has 0 aliphatic rings. The molecule has 3 aromatic rings. The number of pyridine rings is 1. The maximum Gasteiger partial charge on any atom is 0.212 e. The number of hydrogen-bond acceptors (Lipinski definition) is 3. The van der Waals surface area contributed by atoms with Gasteiger partial charge >= 0.3 is 0 Å². The molecule has 0 saturated carbocycles. The summed E-state index contributed by atoms with van der Waals surface area (Å²) < 4.78 is 51.3. The van der Waals surface area contributed by atoms with Crippen LogP contribution in [0.1, 0.15) is 0 Å². The van der Waals surface area contributed by atoms with Crippen LogP contribution in [-0.2, 0) is 9.84 Å². The summed E-state index contributed by atoms with van der Waals surface area (Å²) in [7, 11) is -4.17. The van der Waals surface area contributed by atoms with Crippen LogP contribution >= 0.6 is 0 Å². The van der Waals surface area contributed by atoms with Gasteiger partial charge in [0.25, 0.3) is 0 Å². The van der Waals surface area contributed by atoms with Crippen LogP contribution in [0.2, 0.25) is 0 Å². The van der Waals surface area contributed by atoms with E-state index in [4.69, 9.17) is 0 Å². The van der Waals surface area contributed by atoms with E-state index in [9.17, 15) is 22.0 Å². The van der Waals surface area contributed by atoms with Crippen molar-refractivity contribution in [2.45, 2.75) is 9.79 Å². The maximum absolute atomic E-state index is 13.2. The van der Waals surface area contributed by atoms with E-state index >= 15 is 0 Å². The number of halogens is 2. The molecule has 0 bridgehead atoms. The van der Waals surface area contributed by atoms with Gasteiger partial charge in [-0.3, -0.25) is 4.79 Å². The van der Waals surface area contributed by atoms with Crippen LogP contribution in [0.4, 0.5) is 8.78 Å². The molecule has 0 amide bonds. The van der Waals surface area contributed by atoms with E-state index in [0.717, 1.165) is 30.5 Å². The van der Waals surface area contributed by atoms with Gasteiger partial charge in [-0.05, 0) is 36.4 Å². The van der Waals surface area contributed by atoms with E-state index in [2.05, 4.69) is 4.98 Å². The van der Waals surface area contributed by atoms with Gasteiger partial charge in [0.05, 0.1) is 10.4 Å². The molecule has 0 aliphatic heterocycles. The predicted molar refractivity (Wildman–Crippen MR) is 76.4 cm³/mol. The first kappa shape index (κ1) is 14.4. The Morgan fingerprint density at radius 2 is 1.68 bits per heavy atom. The second kappa shape index (κ2) is 5.03. The lowest BCUT2D eigenvalue weighted by Gasteiger charge is -2.06. The van der Waals surface area contributed by atoms with Crippen LogP contribution in [0.5, 0.6) is 0 Å². The topological polar surface area (TPSA) is 67.0 Å². The first-order valence-corrected chi connectivity index (χ1v) is 7.69. The lowest BCUT2D eigenvalue weighted by molar-refractivity contribution is 0.590. The van der Waals surface area contributed by atoms with Gasteiger partial charge in [0.1, 0.15) is 16.5 Å². The standard InChI is InChI=1S/C15H9F2NO3S/c16-9-2-1-3-11(6-9)22(20,21)14-8-18-13-7-10(17)4-5-12(13)15(14)19/h1-8H,(H,18,19). The SMILES string of the molecule is O=c1c(S(=O)(=O)c2cccc(F)c2)c[nH]c2cc(F)ccc12. The highest BCUT2D eigenvalue weighted by Gasteiger charge is 2.22. The zero-order valence-electron chi connectivity index (χ0n) is 11.0. The van der Waals surface area contributed by atoms with Crippen LogP contribution in [-0.4, -0.2) is 13.4 Å². The van der Waals surface area contributed by atoms with Gasteiger partial charge in [-0.2, -0.15) is 0 Å². The third kappa shape index (κ3) is 2.29. The Bertz CT molecular complexity index is 1040. The van der Waals surface area contributed by atoms with Crippen molar-refractivity contribution in [2.24, 2.45) is 0 Å². The fourth-order valence-electron chi connectivity index (χ4n) is 2.14. The number of aromatic amines is 1. The smallest absolute Gasteiger partial charge is 0.212 e. The second-order valence-electron chi connectivity index (χ2n) is 4.63. The van der Waals surface area contributed by atoms with E-state index in [0.29, 0.717) is 0 Å². The molecule has 0 fully saturated rings. The van der Waals surface area contributed by atoms with Crippen LogP contribution < -0.4 is 5.43 Å². The quantitative estimate of drug-likeness (QED) is 0.789. The van der Waals surface area contributed by atoms with E-state index in [1.165, 1.54) is 18.2 Å². The van der Waals surface area contributed by atoms with E-state index < -0.39 is 31.8 Å². The number of hydrogen-bond donors (Lipinski definition) is 1. The van der Waals surface area contributed by atoms with Crippen molar-refractivity contribution in [3.05, 3.63) is 70.5 Å². The molecule has 0 saturated heterocycles. The number of sulfone groups is 1. The van der Waals surface area contributed by atoms with Gasteiger partial charge in [0.2, 0.25) is 15.3 Å². The van der Waals surface area contributed by atoms with E-state index in [-0.39, 0.29) is 15.8 Å². The molecule has 0 aliphatic carbocycles. The molecule has 3 rings (SSSR count). The minimum absolute atomic E-state index is 0.0406. The lowest BCUT2D eigenvalue weighted by Crippen LogP contribution is -2.16. The number of nitrogens with one attached hydrogen (secondary N) is 1. The third-order valence-electron chi connectivity index (χ3n) is 3.20. The summed E-state index contributed by atoms with van der Waals surface area (Å²) >= 11 is 0. The van der Waals surface area contributed by atoms with Crippen molar-refractivity contribution in [1.82, 2.24) is 4.98 Å². The molecule has 1 aromatic heterocycles. The van der Waals surface area contributed by atoms with Crippen LogP contribution in [0.15, 0.2) is 63.2 Å². The van der Waals surface area contributed by atoms with Gasteiger partial charge in [0, 0.05) is 11.6 Å². The summed E-state index contributed by atoms with van der Waals surface area (Å²) in [4.78, 5) is 14.1. The molecule has 0 radical (unpaired) electrons. The average molecular weight is 321 g/mol. The largest absolute Gasteiger partial charge is 0.360 e. The molecule has 1 N–H and O–H groups in total. The third-order valence-corrected chi connectivity index (χ3v) is 4.96. The predicted octanol–water partition coefficient (Wildman–Crippen LogP) is 2.64. The van der Waals surface area contributed by atoms with E-state index in [1.54, 1.807) is 0 Å². The average Bonchev–Trinajstić information content (AvgIpc) is 2.47. The van der Waals surface area contributed by atoms with Crippen LogP contribution in [0.3, 0.4) is 0 Å². The molecule has 4 nitrogen and oxygen atoms in total. The van der Waals surface area contributed by atoms with Crippen LogP contribution in [0.25, 0.3) is 10.9 Å². The summed E-state index contributed by atoms with van der Waals surface area (Å²) in [6, 6.07) is 7.75. The molecule has 22 heavy (non-hydrogen) atoms. The number of H-pyrrole nitrogens is 1. The van der Waals surface area contributed by atoms with Crippen molar-refractivity contribution in [2.75, 3.05) is 0 Å². The summed E-state index contributed by atoms with van der Waals surface area (Å²) in [6.45, 7) is 0. The molecule has 1 heterocycles. The van der Waals surface area contributed by atoms with Gasteiger partial charge in [-0.25, -0.2) is 17.2 Å². The Morgan fingerprint density at radius 1 is 0.955 bits per heavy atom. The number of benzene rings is 2.